The number of aryl methyl sites for hydroxylation is 2. The van der Waals surface area contributed by atoms with Crippen LogP contribution < -0.4 is 8.24 Å². The molecular formula is C14H15Ga. The minimum Gasteiger partial charge on any atom is -1.00 e. The summed E-state index contributed by atoms with van der Waals surface area (Å²) >= 11 is -0.428. The molecule has 0 radical (unpaired) electrons. The van der Waals surface area contributed by atoms with Gasteiger partial charge in [0.1, 0.15) is 0 Å². The molecule has 0 bridgehead atoms. The van der Waals surface area contributed by atoms with E-state index in [1.807, 2.05) is 0 Å². The molecule has 0 N–H and O–H groups in total. The van der Waals surface area contributed by atoms with Gasteiger partial charge in [0, 0.05) is 0 Å². The molecule has 0 saturated carbocycles. The molecule has 0 aliphatic heterocycles. The maximum atomic E-state index is 2.27. The van der Waals surface area contributed by atoms with Crippen LogP contribution in [-0.4, -0.2) is 17.4 Å². The van der Waals surface area contributed by atoms with Crippen molar-refractivity contribution >= 4 is 25.6 Å². The van der Waals surface area contributed by atoms with E-state index in [9.17, 15) is 0 Å². The summed E-state index contributed by atoms with van der Waals surface area (Å²) in [5, 5.41) is 0. The molecule has 0 aromatic heterocycles. The summed E-state index contributed by atoms with van der Waals surface area (Å²) in [5.41, 5.74) is 2.69. The van der Waals surface area contributed by atoms with Crippen molar-refractivity contribution in [3.05, 3.63) is 59.7 Å². The smallest absolute Gasteiger partial charge is 1.00 e. The zero-order valence-corrected chi connectivity index (χ0v) is 11.6. The van der Waals surface area contributed by atoms with E-state index in [0.29, 0.717) is 0 Å². The van der Waals surface area contributed by atoms with Gasteiger partial charge < -0.3 is 1.43 Å². The second-order valence-corrected chi connectivity index (χ2v) is 7.37. The second kappa shape index (κ2) is 4.73. The maximum Gasteiger partial charge on any atom is -1.00 e. The van der Waals surface area contributed by atoms with Crippen molar-refractivity contribution < 1.29 is 1.43 Å². The third-order valence-electron chi connectivity index (χ3n) is 2.49. The van der Waals surface area contributed by atoms with E-state index in [1.54, 1.807) is 0 Å². The van der Waals surface area contributed by atoms with Gasteiger partial charge in [0.05, 0.1) is 0 Å². The maximum absolute atomic E-state index is 2.27. The molecule has 2 aromatic carbocycles. The topological polar surface area (TPSA) is 0 Å². The van der Waals surface area contributed by atoms with Crippen molar-refractivity contribution in [1.82, 2.24) is 0 Å². The van der Waals surface area contributed by atoms with Crippen LogP contribution in [0, 0.1) is 13.8 Å². The third kappa shape index (κ3) is 3.01. The van der Waals surface area contributed by atoms with Crippen molar-refractivity contribution in [3.63, 3.8) is 0 Å². The number of hydrogen-bond donors (Lipinski definition) is 0. The summed E-state index contributed by atoms with van der Waals surface area (Å²) < 4.78 is 3.07. The molecule has 0 unspecified atom stereocenters. The Morgan fingerprint density at radius 2 is 1.00 bits per heavy atom. The van der Waals surface area contributed by atoms with Crippen molar-refractivity contribution in [3.8, 4) is 0 Å². The SMILES string of the molecule is Cc1cc[c]([Ga+][c]2ccc(C)cc2)cc1.[H-]. The number of rotatable bonds is 2. The Labute approximate surface area is 101 Å². The monoisotopic (exact) mass is 252 g/mol. The summed E-state index contributed by atoms with van der Waals surface area (Å²) in [6.45, 7) is 4.28. The van der Waals surface area contributed by atoms with Crippen molar-refractivity contribution in [2.75, 3.05) is 0 Å². The van der Waals surface area contributed by atoms with Crippen molar-refractivity contribution in [2.24, 2.45) is 0 Å². The van der Waals surface area contributed by atoms with Crippen LogP contribution in [0.25, 0.3) is 0 Å². The molecule has 15 heavy (non-hydrogen) atoms. The van der Waals surface area contributed by atoms with Gasteiger partial charge in [-0.05, 0) is 0 Å². The fraction of sp³-hybridized carbons (Fsp3) is 0.143. The molecular weight excluding hydrogens is 238 g/mol. The van der Waals surface area contributed by atoms with E-state index in [-0.39, 0.29) is 1.43 Å². The molecule has 0 atom stereocenters. The summed E-state index contributed by atoms with van der Waals surface area (Å²) in [4.78, 5) is 0. The third-order valence-corrected chi connectivity index (χ3v) is 5.50. The van der Waals surface area contributed by atoms with Crippen LogP contribution in [0.5, 0.6) is 0 Å². The van der Waals surface area contributed by atoms with Gasteiger partial charge >= 0.3 is 99.1 Å². The van der Waals surface area contributed by atoms with Crippen LogP contribution in [0.1, 0.15) is 12.6 Å². The second-order valence-electron chi connectivity index (χ2n) is 3.97. The van der Waals surface area contributed by atoms with Gasteiger partial charge in [0.15, 0.2) is 0 Å². The number of benzene rings is 2. The molecule has 0 heterocycles. The standard InChI is InChI=1S/2C7H7.Ga.H/c2*1-7-5-3-2-4-6-7;;/h2*3-6H,1H3;;/q;;+1;-1. The largest absolute Gasteiger partial charge is 1.00 e. The molecule has 0 spiro atoms. The van der Waals surface area contributed by atoms with Gasteiger partial charge in [0.2, 0.25) is 0 Å². The van der Waals surface area contributed by atoms with E-state index in [2.05, 4.69) is 62.4 Å². The van der Waals surface area contributed by atoms with Gasteiger partial charge in [-0.3, -0.25) is 0 Å². The minimum absolute atomic E-state index is 0. The van der Waals surface area contributed by atoms with Gasteiger partial charge in [-0.25, -0.2) is 0 Å². The Bertz CT molecular complexity index is 388. The zero-order valence-electron chi connectivity index (χ0n) is 10.2. The van der Waals surface area contributed by atoms with Gasteiger partial charge in [-0.15, -0.1) is 0 Å². The Balaban J connectivity index is 0.00000128. The average Bonchev–Trinajstić information content (AvgIpc) is 2.25. The molecule has 0 aliphatic rings. The van der Waals surface area contributed by atoms with E-state index >= 15 is 0 Å². The molecule has 1 heteroatoms. The fourth-order valence-electron chi connectivity index (χ4n) is 1.52. The first-order valence-corrected chi connectivity index (χ1v) is 7.64. The Kier molecular flexibility index (Phi) is 3.34. The Morgan fingerprint density at radius 1 is 0.667 bits per heavy atom. The molecule has 0 amide bonds. The van der Waals surface area contributed by atoms with Crippen LogP contribution in [0.15, 0.2) is 48.5 Å². The Hall–Kier alpha value is -0.924. The van der Waals surface area contributed by atoms with Crippen molar-refractivity contribution in [2.45, 2.75) is 13.8 Å². The summed E-state index contributed by atoms with van der Waals surface area (Å²) in [6.07, 6.45) is 0. The predicted octanol–water partition coefficient (Wildman–Crippen LogP) is 2.07. The van der Waals surface area contributed by atoms with E-state index < -0.39 is 17.4 Å². The summed E-state index contributed by atoms with van der Waals surface area (Å²) in [6, 6.07) is 17.9. The molecule has 74 valence electrons. The van der Waals surface area contributed by atoms with Crippen LogP contribution in [0.3, 0.4) is 0 Å². The van der Waals surface area contributed by atoms with Crippen LogP contribution in [0.4, 0.5) is 0 Å². The van der Waals surface area contributed by atoms with Crippen LogP contribution in [-0.2, 0) is 0 Å². The normalized spacial score (nSPS) is 9.73. The van der Waals surface area contributed by atoms with Gasteiger partial charge in [0.25, 0.3) is 0 Å². The fourth-order valence-corrected chi connectivity index (χ4v) is 3.94. The van der Waals surface area contributed by atoms with Gasteiger partial charge in [-0.2, -0.15) is 0 Å². The molecule has 2 rings (SSSR count). The first-order valence-electron chi connectivity index (χ1n) is 5.22. The van der Waals surface area contributed by atoms with Crippen molar-refractivity contribution in [1.29, 1.82) is 0 Å². The minimum atomic E-state index is -0.428. The summed E-state index contributed by atoms with van der Waals surface area (Å²) in [7, 11) is 0. The molecule has 0 nitrogen and oxygen atoms in total. The average molecular weight is 253 g/mol. The molecule has 0 saturated heterocycles. The predicted molar refractivity (Wildman–Crippen MR) is 68.5 cm³/mol. The van der Waals surface area contributed by atoms with Crippen LogP contribution >= 0.6 is 0 Å². The van der Waals surface area contributed by atoms with E-state index in [4.69, 9.17) is 0 Å². The molecule has 2 aromatic rings. The van der Waals surface area contributed by atoms with Gasteiger partial charge in [-0.1, -0.05) is 0 Å². The van der Waals surface area contributed by atoms with E-state index in [0.717, 1.165) is 0 Å². The first-order chi connectivity index (χ1) is 7.24. The quantitative estimate of drug-likeness (QED) is 0.718. The zero-order chi connectivity index (χ0) is 10.7. The van der Waals surface area contributed by atoms with Crippen LogP contribution in [0.2, 0.25) is 0 Å². The molecule has 0 fully saturated rings. The molecule has 0 aliphatic carbocycles. The first kappa shape index (κ1) is 10.6. The van der Waals surface area contributed by atoms with E-state index in [1.165, 1.54) is 19.4 Å². The summed E-state index contributed by atoms with van der Waals surface area (Å²) in [5.74, 6) is 0. The number of hydrogen-bond acceptors (Lipinski definition) is 0. The Morgan fingerprint density at radius 3 is 1.33 bits per heavy atom.